The molecule has 16 heteroatoms. The maximum Gasteiger partial charge on any atom is 0.297 e. The van der Waals surface area contributed by atoms with Gasteiger partial charge in [0.05, 0.1) is 150 Å². The van der Waals surface area contributed by atoms with Gasteiger partial charge >= 0.3 is 0 Å². The lowest BCUT2D eigenvalue weighted by atomic mass is 10.2. The van der Waals surface area contributed by atoms with E-state index in [0.717, 1.165) is 5.56 Å². The number of ether oxygens (including phenoxy) is 10. The van der Waals surface area contributed by atoms with Crippen LogP contribution in [0.15, 0.2) is 29.2 Å². The van der Waals surface area contributed by atoms with E-state index in [1.54, 1.807) is 12.1 Å². The largest absolute Gasteiger partial charge is 0.414 e. The first-order valence-electron chi connectivity index (χ1n) is 17.8. The normalized spacial score (nSPS) is 12.6. The van der Waals surface area contributed by atoms with Gasteiger partial charge in [0.1, 0.15) is 0 Å². The number of benzene rings is 1. The second-order valence-electron chi connectivity index (χ2n) is 12.8. The van der Waals surface area contributed by atoms with E-state index in [2.05, 4.69) is 33.9 Å². The minimum Gasteiger partial charge on any atom is -0.414 e. The average Bonchev–Trinajstić information content (AvgIpc) is 3.08. The van der Waals surface area contributed by atoms with Crippen LogP contribution in [-0.2, 0) is 66.1 Å². The molecule has 1 aromatic carbocycles. The third-order valence-electron chi connectivity index (χ3n) is 7.62. The van der Waals surface area contributed by atoms with Crippen LogP contribution in [-0.4, -0.2) is 162 Å². The Morgan fingerprint density at radius 3 is 0.980 bits per heavy atom. The van der Waals surface area contributed by atoms with Crippen molar-refractivity contribution in [1.29, 1.82) is 0 Å². The Hall–Kier alpha value is -1.09. The monoisotopic (exact) mass is 770 g/mol. The van der Waals surface area contributed by atoms with Gasteiger partial charge in [-0.2, -0.15) is 8.42 Å². The fourth-order valence-electron chi connectivity index (χ4n) is 3.63. The molecule has 0 spiro atoms. The maximum absolute atomic E-state index is 12.1. The molecule has 14 nitrogen and oxygen atoms in total. The molecule has 0 aliphatic carbocycles. The molecule has 51 heavy (non-hydrogen) atoms. The molecule has 0 bridgehead atoms. The highest BCUT2D eigenvalue weighted by atomic mass is 32.2. The third kappa shape index (κ3) is 27.2. The van der Waals surface area contributed by atoms with E-state index in [4.69, 9.17) is 56.0 Å². The Morgan fingerprint density at radius 2 is 0.706 bits per heavy atom. The summed E-state index contributed by atoms with van der Waals surface area (Å²) in [5.74, 6) is 0. The molecule has 0 atom stereocenters. The molecule has 0 fully saturated rings. The predicted molar refractivity (Wildman–Crippen MR) is 196 cm³/mol. The van der Waals surface area contributed by atoms with Crippen LogP contribution in [0.5, 0.6) is 0 Å². The van der Waals surface area contributed by atoms with E-state index < -0.39 is 18.4 Å². The minimum absolute atomic E-state index is 0.0594. The molecular weight excluding hydrogens is 705 g/mol. The van der Waals surface area contributed by atoms with Crippen molar-refractivity contribution in [1.82, 2.24) is 0 Å². The van der Waals surface area contributed by atoms with Crippen molar-refractivity contribution in [2.75, 3.05) is 145 Å². The fraction of sp³-hybridized carbons (Fsp3) is 0.829. The number of hydrogen-bond donors (Lipinski definition) is 0. The first kappa shape index (κ1) is 47.9. The van der Waals surface area contributed by atoms with Crippen molar-refractivity contribution in [2.45, 2.75) is 50.7 Å². The summed E-state index contributed by atoms with van der Waals surface area (Å²) in [4.78, 5) is 0.128. The highest BCUT2D eigenvalue weighted by Gasteiger charge is 2.36. The summed E-state index contributed by atoms with van der Waals surface area (Å²) in [6.45, 7) is 22.9. The van der Waals surface area contributed by atoms with Crippen LogP contribution in [0, 0.1) is 6.92 Å². The number of rotatable bonds is 36. The molecule has 0 saturated heterocycles. The predicted octanol–water partition coefficient (Wildman–Crippen LogP) is 3.89. The first-order valence-corrected chi connectivity index (χ1v) is 22.1. The van der Waals surface area contributed by atoms with Gasteiger partial charge in [0.15, 0.2) is 8.32 Å². The smallest absolute Gasteiger partial charge is 0.297 e. The Morgan fingerprint density at radius 1 is 0.451 bits per heavy atom. The average molecular weight is 771 g/mol. The van der Waals surface area contributed by atoms with Crippen molar-refractivity contribution in [3.05, 3.63) is 29.8 Å². The fourth-order valence-corrected chi connectivity index (χ4v) is 5.55. The van der Waals surface area contributed by atoms with Crippen molar-refractivity contribution < 1.29 is 64.4 Å². The lowest BCUT2D eigenvalue weighted by Gasteiger charge is -2.36. The zero-order valence-corrected chi connectivity index (χ0v) is 33.8. The molecule has 300 valence electrons. The van der Waals surface area contributed by atoms with Gasteiger partial charge in [-0.25, -0.2) is 0 Å². The van der Waals surface area contributed by atoms with Gasteiger partial charge in [0.2, 0.25) is 0 Å². The molecule has 1 rings (SSSR count). The maximum atomic E-state index is 12.1. The van der Waals surface area contributed by atoms with Gasteiger partial charge in [0.25, 0.3) is 10.1 Å². The van der Waals surface area contributed by atoms with Crippen LogP contribution in [0.25, 0.3) is 0 Å². The summed E-state index contributed by atoms with van der Waals surface area (Å²) < 4.78 is 90.0. The van der Waals surface area contributed by atoms with Crippen molar-refractivity contribution in [3.63, 3.8) is 0 Å². The Balaban J connectivity index is 1.69. The van der Waals surface area contributed by atoms with Crippen LogP contribution >= 0.6 is 0 Å². The number of aryl methyl sites for hydroxylation is 1. The summed E-state index contributed by atoms with van der Waals surface area (Å²) in [6, 6.07) is 6.49. The highest BCUT2D eigenvalue weighted by Crippen LogP contribution is 2.36. The minimum atomic E-state index is -3.78. The molecule has 1 aromatic rings. The van der Waals surface area contributed by atoms with Crippen LogP contribution in [0.4, 0.5) is 0 Å². The summed E-state index contributed by atoms with van der Waals surface area (Å²) in [5.41, 5.74) is 0.975. The van der Waals surface area contributed by atoms with E-state index in [1.165, 1.54) is 12.1 Å². The first-order chi connectivity index (χ1) is 24.5. The molecule has 0 saturated carbocycles. The van der Waals surface area contributed by atoms with Gasteiger partial charge in [-0.1, -0.05) is 38.5 Å². The highest BCUT2D eigenvalue weighted by molar-refractivity contribution is 7.86. The summed E-state index contributed by atoms with van der Waals surface area (Å²) >= 11 is 0. The Kier molecular flexibility index (Phi) is 28.4. The quantitative estimate of drug-likeness (QED) is 0.0553. The van der Waals surface area contributed by atoms with Crippen LogP contribution in [0.1, 0.15) is 26.3 Å². The molecule has 0 radical (unpaired) electrons. The lowest BCUT2D eigenvalue weighted by molar-refractivity contribution is -0.0270. The Labute approximate surface area is 308 Å². The Bertz CT molecular complexity index is 1040. The molecule has 0 unspecified atom stereocenters. The van der Waals surface area contributed by atoms with Crippen LogP contribution in [0.3, 0.4) is 0 Å². The third-order valence-corrected chi connectivity index (χ3v) is 13.5. The van der Waals surface area contributed by atoms with Crippen LogP contribution in [0.2, 0.25) is 18.1 Å². The second kappa shape index (κ2) is 30.3. The lowest BCUT2D eigenvalue weighted by Crippen LogP contribution is -2.41. The van der Waals surface area contributed by atoms with Crippen molar-refractivity contribution >= 4 is 18.4 Å². The summed E-state index contributed by atoms with van der Waals surface area (Å²) in [5, 5.41) is 0.209. The van der Waals surface area contributed by atoms with E-state index in [0.29, 0.717) is 132 Å². The zero-order valence-electron chi connectivity index (χ0n) is 32.0. The van der Waals surface area contributed by atoms with Crippen molar-refractivity contribution in [3.8, 4) is 0 Å². The second-order valence-corrected chi connectivity index (χ2v) is 19.2. The van der Waals surface area contributed by atoms with Crippen molar-refractivity contribution in [2.24, 2.45) is 0 Å². The molecule has 0 heterocycles. The molecular formula is C35H66O14SSi. The topological polar surface area (TPSA) is 145 Å². The number of hydrogen-bond acceptors (Lipinski definition) is 14. The molecule has 0 amide bonds. The van der Waals surface area contributed by atoms with Gasteiger partial charge in [-0.3, -0.25) is 4.18 Å². The molecule has 0 aliphatic heterocycles. The van der Waals surface area contributed by atoms with Gasteiger partial charge in [0, 0.05) is 0 Å². The van der Waals surface area contributed by atoms with Gasteiger partial charge < -0.3 is 51.8 Å². The van der Waals surface area contributed by atoms with E-state index in [1.807, 2.05) is 6.92 Å². The van der Waals surface area contributed by atoms with E-state index in [9.17, 15) is 8.42 Å². The molecule has 0 N–H and O–H groups in total. The summed E-state index contributed by atoms with van der Waals surface area (Å²) in [7, 11) is -5.48. The van der Waals surface area contributed by atoms with Gasteiger partial charge in [-0.15, -0.1) is 0 Å². The van der Waals surface area contributed by atoms with Gasteiger partial charge in [-0.05, 0) is 37.2 Å². The molecule has 0 aliphatic rings. The summed E-state index contributed by atoms with van der Waals surface area (Å²) in [6.07, 6.45) is 0. The van der Waals surface area contributed by atoms with Crippen LogP contribution < -0.4 is 0 Å². The van der Waals surface area contributed by atoms with E-state index >= 15 is 0 Å². The van der Waals surface area contributed by atoms with E-state index in [-0.39, 0.29) is 23.1 Å². The molecule has 0 aromatic heterocycles. The standard InChI is InChI=1S/C35H66O14SSi/c1-33-7-9-34(10-8-33)50(36,37)48-31-29-46-27-25-44-23-21-42-19-17-40-15-13-38-11-12-39-14-16-41-18-20-43-22-24-45-26-28-47-30-32-49-51(5,6)35(2,3)4/h7-10H,11-32H2,1-6H3. The zero-order chi connectivity index (χ0) is 37.5. The SMILES string of the molecule is Cc1ccc(S(=O)(=O)OCCOCCOCCOCCOCCOCCOCCOCCOCCOCCOCCO[Si](C)(C)C(C)(C)C)cc1.